The van der Waals surface area contributed by atoms with E-state index in [0.717, 1.165) is 0 Å². The number of aliphatic hydroxyl groups is 1. The van der Waals surface area contributed by atoms with Crippen LogP contribution in [0.5, 0.6) is 5.75 Å². The SMILES string of the molecule is COC(=O)c1ccc(CN2C(=O)C(O)=C(C(=O)C(C)C)C2c2ccc(O)cc2)cc1. The van der Waals surface area contributed by atoms with Gasteiger partial charge in [-0.05, 0) is 35.4 Å². The molecule has 0 aliphatic carbocycles. The molecule has 2 aromatic carbocycles. The monoisotopic (exact) mass is 409 g/mol. The summed E-state index contributed by atoms with van der Waals surface area (Å²) in [7, 11) is 1.29. The number of esters is 1. The number of phenolic OH excluding ortho intramolecular Hbond substituents is 1. The fourth-order valence-electron chi connectivity index (χ4n) is 3.44. The number of benzene rings is 2. The van der Waals surface area contributed by atoms with Gasteiger partial charge in [0.15, 0.2) is 11.5 Å². The largest absolute Gasteiger partial charge is 0.508 e. The number of aromatic hydroxyl groups is 1. The van der Waals surface area contributed by atoms with Crippen molar-refractivity contribution >= 4 is 17.7 Å². The minimum absolute atomic E-state index is 0.0480. The van der Waals surface area contributed by atoms with E-state index in [1.807, 2.05) is 0 Å². The van der Waals surface area contributed by atoms with E-state index in [9.17, 15) is 24.6 Å². The Labute approximate surface area is 174 Å². The number of ketones is 1. The topological polar surface area (TPSA) is 104 Å². The molecule has 1 unspecified atom stereocenters. The fraction of sp³-hybridized carbons (Fsp3) is 0.261. The molecule has 1 aliphatic rings. The van der Waals surface area contributed by atoms with Crippen LogP contribution in [0.25, 0.3) is 0 Å². The summed E-state index contributed by atoms with van der Waals surface area (Å²) in [5.74, 6) is -2.34. The summed E-state index contributed by atoms with van der Waals surface area (Å²) in [5, 5.41) is 20.1. The number of phenols is 1. The zero-order chi connectivity index (χ0) is 22.0. The van der Waals surface area contributed by atoms with Crippen molar-refractivity contribution in [2.24, 2.45) is 5.92 Å². The second-order valence-corrected chi connectivity index (χ2v) is 7.40. The standard InChI is InChI=1S/C23H23NO6/c1-13(2)20(26)18-19(15-8-10-17(25)11-9-15)24(22(28)21(18)27)12-14-4-6-16(7-5-14)23(29)30-3/h4-11,13,19,25,27H,12H2,1-3H3. The number of carbonyl (C=O) groups excluding carboxylic acids is 3. The van der Waals surface area contributed by atoms with Gasteiger partial charge in [0.2, 0.25) is 0 Å². The van der Waals surface area contributed by atoms with Gasteiger partial charge in [-0.1, -0.05) is 38.1 Å². The normalized spacial score (nSPS) is 16.3. The van der Waals surface area contributed by atoms with Crippen LogP contribution in [-0.4, -0.2) is 39.9 Å². The Bertz CT molecular complexity index is 1000. The maximum Gasteiger partial charge on any atom is 0.337 e. The molecule has 3 rings (SSSR count). The zero-order valence-electron chi connectivity index (χ0n) is 17.0. The van der Waals surface area contributed by atoms with Crippen LogP contribution in [0, 0.1) is 5.92 Å². The molecule has 0 fully saturated rings. The molecule has 7 nitrogen and oxygen atoms in total. The predicted octanol–water partition coefficient (Wildman–Crippen LogP) is 3.30. The van der Waals surface area contributed by atoms with E-state index in [1.54, 1.807) is 50.2 Å². The van der Waals surface area contributed by atoms with Crippen molar-refractivity contribution in [3.05, 3.63) is 76.6 Å². The first-order valence-electron chi connectivity index (χ1n) is 9.49. The minimum Gasteiger partial charge on any atom is -0.508 e. The second-order valence-electron chi connectivity index (χ2n) is 7.40. The van der Waals surface area contributed by atoms with Crippen molar-refractivity contribution in [2.75, 3.05) is 7.11 Å². The highest BCUT2D eigenvalue weighted by molar-refractivity contribution is 6.09. The molecule has 0 aromatic heterocycles. The van der Waals surface area contributed by atoms with Crippen LogP contribution in [0.4, 0.5) is 0 Å². The molecule has 0 saturated carbocycles. The summed E-state index contributed by atoms with van der Waals surface area (Å²) in [4.78, 5) is 38.7. The highest BCUT2D eigenvalue weighted by Crippen LogP contribution is 2.40. The number of carbonyl (C=O) groups is 3. The van der Waals surface area contributed by atoms with Gasteiger partial charge in [-0.2, -0.15) is 0 Å². The molecule has 30 heavy (non-hydrogen) atoms. The first-order valence-corrected chi connectivity index (χ1v) is 9.49. The minimum atomic E-state index is -0.784. The smallest absolute Gasteiger partial charge is 0.337 e. The van der Waals surface area contributed by atoms with Gasteiger partial charge >= 0.3 is 5.97 Å². The summed E-state index contributed by atoms with van der Waals surface area (Å²) < 4.78 is 4.69. The molecule has 2 aromatic rings. The molecule has 0 radical (unpaired) electrons. The first kappa shape index (κ1) is 21.1. The van der Waals surface area contributed by atoms with Crippen molar-refractivity contribution in [3.63, 3.8) is 0 Å². The molecule has 7 heteroatoms. The highest BCUT2D eigenvalue weighted by Gasteiger charge is 2.43. The number of hydrogen-bond acceptors (Lipinski definition) is 6. The van der Waals surface area contributed by atoms with Gasteiger partial charge in [-0.25, -0.2) is 4.79 Å². The van der Waals surface area contributed by atoms with Gasteiger partial charge in [0.1, 0.15) is 5.75 Å². The van der Waals surface area contributed by atoms with E-state index in [-0.39, 0.29) is 23.7 Å². The van der Waals surface area contributed by atoms with Crippen molar-refractivity contribution in [2.45, 2.75) is 26.4 Å². The van der Waals surface area contributed by atoms with Gasteiger partial charge in [-0.3, -0.25) is 9.59 Å². The number of ether oxygens (including phenoxy) is 1. The lowest BCUT2D eigenvalue weighted by atomic mass is 9.91. The Morgan fingerprint density at radius 3 is 2.17 bits per heavy atom. The van der Waals surface area contributed by atoms with Gasteiger partial charge in [0, 0.05) is 12.5 Å². The Morgan fingerprint density at radius 2 is 1.63 bits per heavy atom. The Balaban J connectivity index is 1.99. The lowest BCUT2D eigenvalue weighted by molar-refractivity contribution is -0.130. The quantitative estimate of drug-likeness (QED) is 0.710. The van der Waals surface area contributed by atoms with Crippen LogP contribution in [0.3, 0.4) is 0 Å². The van der Waals surface area contributed by atoms with Gasteiger partial charge in [0.05, 0.1) is 24.3 Å². The van der Waals surface area contributed by atoms with Gasteiger partial charge in [-0.15, -0.1) is 0 Å². The average molecular weight is 409 g/mol. The van der Waals surface area contributed by atoms with Crippen LogP contribution in [0.1, 0.15) is 41.4 Å². The number of aliphatic hydroxyl groups excluding tert-OH is 1. The van der Waals surface area contributed by atoms with Crippen LogP contribution in [-0.2, 0) is 20.9 Å². The van der Waals surface area contributed by atoms with Crippen molar-refractivity contribution in [3.8, 4) is 5.75 Å². The summed E-state index contributed by atoms with van der Waals surface area (Å²) >= 11 is 0. The molecule has 0 saturated heterocycles. The van der Waals surface area contributed by atoms with E-state index < -0.39 is 29.6 Å². The molecule has 1 aliphatic heterocycles. The molecular weight excluding hydrogens is 386 g/mol. The molecule has 1 atom stereocenters. The third-order valence-corrected chi connectivity index (χ3v) is 5.03. The molecule has 2 N–H and O–H groups in total. The van der Waals surface area contributed by atoms with Crippen LogP contribution < -0.4 is 0 Å². The Kier molecular flexibility index (Phi) is 5.91. The molecule has 1 heterocycles. The van der Waals surface area contributed by atoms with E-state index in [1.165, 1.54) is 24.1 Å². The highest BCUT2D eigenvalue weighted by atomic mass is 16.5. The Hall–Kier alpha value is -3.61. The van der Waals surface area contributed by atoms with Gasteiger partial charge in [0.25, 0.3) is 5.91 Å². The second kappa shape index (κ2) is 8.41. The fourth-order valence-corrected chi connectivity index (χ4v) is 3.44. The van der Waals surface area contributed by atoms with Crippen LogP contribution in [0.2, 0.25) is 0 Å². The summed E-state index contributed by atoms with van der Waals surface area (Å²) in [5.41, 5.74) is 1.74. The van der Waals surface area contributed by atoms with E-state index >= 15 is 0 Å². The molecule has 1 amide bonds. The molecule has 0 spiro atoms. The third-order valence-electron chi connectivity index (χ3n) is 5.03. The van der Waals surface area contributed by atoms with Crippen LogP contribution >= 0.6 is 0 Å². The summed E-state index contributed by atoms with van der Waals surface area (Å²) in [6.07, 6.45) is 0. The van der Waals surface area contributed by atoms with Crippen molar-refractivity contribution in [1.29, 1.82) is 0 Å². The third kappa shape index (κ3) is 3.91. The number of methoxy groups -OCH3 is 1. The Morgan fingerprint density at radius 1 is 1.03 bits per heavy atom. The number of Topliss-reactive ketones (excluding diaryl/α,β-unsaturated/α-hetero) is 1. The average Bonchev–Trinajstić information content (AvgIpc) is 2.98. The lowest BCUT2D eigenvalue weighted by Gasteiger charge is -2.27. The van der Waals surface area contributed by atoms with E-state index in [4.69, 9.17) is 0 Å². The maximum atomic E-state index is 12.9. The predicted molar refractivity (Wildman–Crippen MR) is 109 cm³/mol. The van der Waals surface area contributed by atoms with Gasteiger partial charge < -0.3 is 19.8 Å². The maximum absolute atomic E-state index is 12.9. The molecular formula is C23H23NO6. The zero-order valence-corrected chi connectivity index (χ0v) is 17.0. The van der Waals surface area contributed by atoms with E-state index in [0.29, 0.717) is 16.7 Å². The van der Waals surface area contributed by atoms with E-state index in [2.05, 4.69) is 4.74 Å². The number of nitrogens with zero attached hydrogens (tertiary/aromatic N) is 1. The molecule has 156 valence electrons. The number of hydrogen-bond donors (Lipinski definition) is 2. The van der Waals surface area contributed by atoms with Crippen molar-refractivity contribution in [1.82, 2.24) is 4.90 Å². The van der Waals surface area contributed by atoms with Crippen molar-refractivity contribution < 1.29 is 29.3 Å². The first-order chi connectivity index (χ1) is 14.2. The summed E-state index contributed by atoms with van der Waals surface area (Å²) in [6.45, 7) is 3.52. The molecule has 0 bridgehead atoms. The number of amides is 1. The summed E-state index contributed by atoms with van der Waals surface area (Å²) in [6, 6.07) is 11.9. The lowest BCUT2D eigenvalue weighted by Crippen LogP contribution is -2.31. The van der Waals surface area contributed by atoms with Crippen LogP contribution in [0.15, 0.2) is 59.9 Å². The number of rotatable bonds is 6.